The first kappa shape index (κ1) is 25.4. The van der Waals surface area contributed by atoms with Crippen molar-refractivity contribution in [2.45, 2.75) is 97.4 Å². The second-order valence-corrected chi connectivity index (χ2v) is 12.6. The molecule has 33 heavy (non-hydrogen) atoms. The summed E-state index contributed by atoms with van der Waals surface area (Å²) in [6.45, 7) is 8.43. The fraction of sp³-hybridized carbons (Fsp3) is 0.963. The highest BCUT2D eigenvalue weighted by Crippen LogP contribution is 2.69. The lowest BCUT2D eigenvalue weighted by atomic mass is 9.41. The Labute approximate surface area is 198 Å². The third kappa shape index (κ3) is 3.78. The molecule has 0 amide bonds. The van der Waals surface area contributed by atoms with Gasteiger partial charge in [0.05, 0.1) is 30.8 Å². The van der Waals surface area contributed by atoms with E-state index in [9.17, 15) is 30.3 Å². The molecule has 0 aromatic carbocycles. The van der Waals surface area contributed by atoms with Gasteiger partial charge >= 0.3 is 5.97 Å². The lowest BCUT2D eigenvalue weighted by molar-refractivity contribution is -0.228. The molecule has 190 valence electrons. The van der Waals surface area contributed by atoms with Gasteiger partial charge in [-0.2, -0.15) is 0 Å². The molecule has 4 aliphatic carbocycles. The summed E-state index contributed by atoms with van der Waals surface area (Å²) in [6, 6.07) is 0. The van der Waals surface area contributed by atoms with Crippen molar-refractivity contribution >= 4 is 5.97 Å². The fourth-order valence-electron chi connectivity index (χ4n) is 9.76. The van der Waals surface area contributed by atoms with Gasteiger partial charge in [-0.25, -0.2) is 0 Å². The van der Waals surface area contributed by atoms with E-state index in [1.165, 1.54) is 0 Å². The van der Waals surface area contributed by atoms with E-state index < -0.39 is 24.1 Å². The third-order valence-electron chi connectivity index (χ3n) is 11.5. The smallest absolute Gasteiger partial charge is 0.308 e. The number of fused-ring (bicyclic) bond motifs is 5. The van der Waals surface area contributed by atoms with Crippen LogP contribution in [0.4, 0.5) is 0 Å². The van der Waals surface area contributed by atoms with E-state index in [-0.39, 0.29) is 65.0 Å². The number of carboxylic acid groups (broad SMARTS) is 1. The van der Waals surface area contributed by atoms with Crippen molar-refractivity contribution in [3.63, 3.8) is 0 Å². The quantitative estimate of drug-likeness (QED) is 0.410. The van der Waals surface area contributed by atoms with Crippen molar-refractivity contribution in [3.8, 4) is 0 Å². The highest BCUT2D eigenvalue weighted by molar-refractivity contribution is 5.70. The van der Waals surface area contributed by atoms with Crippen LogP contribution >= 0.6 is 0 Å². The zero-order chi connectivity index (χ0) is 24.3. The van der Waals surface area contributed by atoms with Gasteiger partial charge in [-0.3, -0.25) is 4.79 Å². The summed E-state index contributed by atoms with van der Waals surface area (Å²) in [7, 11) is 0. The average molecular weight is 467 g/mol. The molecule has 0 heterocycles. The lowest BCUT2D eigenvalue weighted by Crippen LogP contribution is -2.65. The van der Waals surface area contributed by atoms with E-state index in [0.29, 0.717) is 12.8 Å². The molecule has 0 aromatic rings. The number of carbonyl (C=O) groups is 1. The van der Waals surface area contributed by atoms with Gasteiger partial charge in [-0.1, -0.05) is 34.1 Å². The molecule has 0 bridgehead atoms. The molecule has 0 saturated heterocycles. The molecule has 13 atom stereocenters. The topological polar surface area (TPSA) is 118 Å². The van der Waals surface area contributed by atoms with Gasteiger partial charge in [-0.05, 0) is 97.2 Å². The van der Waals surface area contributed by atoms with Crippen LogP contribution in [0.1, 0.15) is 79.1 Å². The highest BCUT2D eigenvalue weighted by Gasteiger charge is 2.67. The SMILES string of the molecule is CC[C@H]1[C@@H](O)C2C3CC[C@H]([C@H](C)CC(CO)C(=O)O)[C@@]3(C)[C@@H](O)CC2[C@@]2(C)CC[C@@H](O)C[C@@H]12. The Morgan fingerprint density at radius 2 is 1.73 bits per heavy atom. The number of hydrogen-bond donors (Lipinski definition) is 5. The Morgan fingerprint density at radius 1 is 1.03 bits per heavy atom. The molecule has 0 aromatic heterocycles. The Morgan fingerprint density at radius 3 is 2.33 bits per heavy atom. The molecule has 4 saturated carbocycles. The predicted molar refractivity (Wildman–Crippen MR) is 125 cm³/mol. The predicted octanol–water partition coefficient (Wildman–Crippen LogP) is 3.30. The summed E-state index contributed by atoms with van der Waals surface area (Å²) in [5, 5.41) is 52.9. The number of hydrogen-bond acceptors (Lipinski definition) is 5. The van der Waals surface area contributed by atoms with E-state index in [1.54, 1.807) is 0 Å². The lowest BCUT2D eigenvalue weighted by Gasteiger charge is -2.65. The largest absolute Gasteiger partial charge is 0.481 e. The molecule has 4 rings (SSSR count). The maximum absolute atomic E-state index is 11.8. The molecule has 4 fully saturated rings. The molecule has 4 aliphatic rings. The molecule has 0 aliphatic heterocycles. The molecule has 4 unspecified atom stereocenters. The van der Waals surface area contributed by atoms with Gasteiger partial charge in [0.1, 0.15) is 0 Å². The minimum Gasteiger partial charge on any atom is -0.481 e. The molecule has 6 heteroatoms. The van der Waals surface area contributed by atoms with Crippen LogP contribution in [0.3, 0.4) is 0 Å². The summed E-state index contributed by atoms with van der Waals surface area (Å²) >= 11 is 0. The summed E-state index contributed by atoms with van der Waals surface area (Å²) in [4.78, 5) is 11.5. The molecular weight excluding hydrogens is 420 g/mol. The second-order valence-electron chi connectivity index (χ2n) is 12.6. The highest BCUT2D eigenvalue weighted by atomic mass is 16.4. The van der Waals surface area contributed by atoms with Gasteiger partial charge < -0.3 is 25.5 Å². The van der Waals surface area contributed by atoms with E-state index in [2.05, 4.69) is 27.7 Å². The zero-order valence-electron chi connectivity index (χ0n) is 20.9. The van der Waals surface area contributed by atoms with Crippen molar-refractivity contribution in [2.75, 3.05) is 6.61 Å². The van der Waals surface area contributed by atoms with Crippen LogP contribution in [-0.4, -0.2) is 56.4 Å². The fourth-order valence-corrected chi connectivity index (χ4v) is 9.76. The van der Waals surface area contributed by atoms with Crippen molar-refractivity contribution in [1.82, 2.24) is 0 Å². The van der Waals surface area contributed by atoms with Crippen LogP contribution in [0.15, 0.2) is 0 Å². The number of rotatable bonds is 6. The summed E-state index contributed by atoms with van der Waals surface area (Å²) in [5.74, 6) is -0.402. The van der Waals surface area contributed by atoms with Crippen LogP contribution in [-0.2, 0) is 4.79 Å². The Kier molecular flexibility index (Phi) is 6.98. The van der Waals surface area contributed by atoms with Gasteiger partial charge in [0.25, 0.3) is 0 Å². The first-order valence-corrected chi connectivity index (χ1v) is 13.4. The van der Waals surface area contributed by atoms with Gasteiger partial charge in [0, 0.05) is 0 Å². The second kappa shape index (κ2) is 9.07. The Hall–Kier alpha value is -0.690. The van der Waals surface area contributed by atoms with Crippen LogP contribution in [0.25, 0.3) is 0 Å². The summed E-state index contributed by atoms with van der Waals surface area (Å²) in [5.41, 5.74) is -0.323. The zero-order valence-corrected chi connectivity index (χ0v) is 20.9. The minimum absolute atomic E-state index is 0.0289. The van der Waals surface area contributed by atoms with E-state index in [0.717, 1.165) is 38.5 Å². The van der Waals surface area contributed by atoms with Crippen LogP contribution in [0.5, 0.6) is 0 Å². The third-order valence-corrected chi connectivity index (χ3v) is 11.5. The standard InChI is InChI=1S/C27H46O6/c1-5-17-20-11-16(29)8-9-26(20,3)21-12-22(30)27(4)18(6-7-19(27)23(21)24(17)31)14(2)10-15(13-28)25(32)33/h14-24,28-31H,5-13H2,1-4H3,(H,32,33)/t14-,15?,16-,17-,18-,19?,20+,21?,22+,23?,24-,26+,27-/m1/s1. The monoisotopic (exact) mass is 466 g/mol. The van der Waals surface area contributed by atoms with Crippen molar-refractivity contribution in [1.29, 1.82) is 0 Å². The summed E-state index contributed by atoms with van der Waals surface area (Å²) < 4.78 is 0. The van der Waals surface area contributed by atoms with Gasteiger partial charge in [0.2, 0.25) is 0 Å². The van der Waals surface area contributed by atoms with Crippen LogP contribution in [0.2, 0.25) is 0 Å². The van der Waals surface area contributed by atoms with Crippen LogP contribution in [0, 0.1) is 58.2 Å². The Balaban J connectivity index is 1.65. The minimum atomic E-state index is -0.958. The van der Waals surface area contributed by atoms with E-state index in [1.807, 2.05) is 0 Å². The van der Waals surface area contributed by atoms with Gasteiger partial charge in [-0.15, -0.1) is 0 Å². The molecule has 6 nitrogen and oxygen atoms in total. The average Bonchev–Trinajstić information content (AvgIpc) is 3.12. The molecule has 0 radical (unpaired) electrons. The number of aliphatic carboxylic acids is 1. The number of carboxylic acids is 1. The Bertz CT molecular complexity index is 727. The molecule has 5 N–H and O–H groups in total. The molecular formula is C27H46O6. The normalized spacial score (nSPS) is 51.2. The maximum Gasteiger partial charge on any atom is 0.308 e. The molecule has 0 spiro atoms. The number of aliphatic hydroxyl groups is 4. The van der Waals surface area contributed by atoms with Crippen molar-refractivity contribution in [2.24, 2.45) is 58.2 Å². The van der Waals surface area contributed by atoms with E-state index in [4.69, 9.17) is 0 Å². The first-order valence-electron chi connectivity index (χ1n) is 13.4. The van der Waals surface area contributed by atoms with Crippen molar-refractivity contribution in [3.05, 3.63) is 0 Å². The van der Waals surface area contributed by atoms with Crippen molar-refractivity contribution < 1.29 is 30.3 Å². The first-order chi connectivity index (χ1) is 15.5. The van der Waals surface area contributed by atoms with E-state index >= 15 is 0 Å². The van der Waals surface area contributed by atoms with Gasteiger partial charge in [0.15, 0.2) is 0 Å². The maximum atomic E-state index is 11.8. The number of aliphatic hydroxyl groups excluding tert-OH is 4. The van der Waals surface area contributed by atoms with Crippen LogP contribution < -0.4 is 0 Å². The summed E-state index contributed by atoms with van der Waals surface area (Å²) in [6.07, 6.45) is 5.21.